The molecule has 0 spiro atoms. The van der Waals surface area contributed by atoms with Gasteiger partial charge in [0.15, 0.2) is 5.76 Å². The van der Waals surface area contributed by atoms with Crippen LogP contribution in [0.1, 0.15) is 29.2 Å². The second-order valence-electron chi connectivity index (χ2n) is 6.54. The van der Waals surface area contributed by atoms with Gasteiger partial charge in [-0.3, -0.25) is 4.79 Å². The number of methoxy groups -OCH3 is 1. The summed E-state index contributed by atoms with van der Waals surface area (Å²) in [5, 5.41) is 3.44. The van der Waals surface area contributed by atoms with Crippen LogP contribution in [0.15, 0.2) is 28.8 Å². The molecule has 0 bridgehead atoms. The average molecular weight is 328 g/mol. The van der Waals surface area contributed by atoms with Crippen molar-refractivity contribution in [1.82, 2.24) is 14.9 Å². The molecule has 2 aromatic rings. The third-order valence-corrected chi connectivity index (χ3v) is 5.07. The van der Waals surface area contributed by atoms with Crippen molar-refractivity contribution in [2.24, 2.45) is 5.92 Å². The van der Waals surface area contributed by atoms with E-state index >= 15 is 0 Å². The fourth-order valence-corrected chi connectivity index (χ4v) is 3.65. The maximum absolute atomic E-state index is 12.6. The van der Waals surface area contributed by atoms with E-state index in [9.17, 15) is 4.79 Å². The van der Waals surface area contributed by atoms with Gasteiger partial charge in [0.2, 0.25) is 11.8 Å². The van der Waals surface area contributed by atoms with Crippen molar-refractivity contribution in [3.05, 3.63) is 35.9 Å². The van der Waals surface area contributed by atoms with Crippen LogP contribution in [0.2, 0.25) is 0 Å². The van der Waals surface area contributed by atoms with Crippen molar-refractivity contribution in [1.29, 1.82) is 0 Å². The summed E-state index contributed by atoms with van der Waals surface area (Å²) in [6.07, 6.45) is 3.76. The number of carbonyl (C=O) groups excluding carboxylic acids is 1. The van der Waals surface area contributed by atoms with Crippen molar-refractivity contribution >= 4 is 11.9 Å². The number of likely N-dealkylation sites (tertiary alicyclic amines) is 1. The maximum atomic E-state index is 12.6. The van der Waals surface area contributed by atoms with Gasteiger partial charge in [-0.05, 0) is 31.9 Å². The molecule has 126 valence electrons. The monoisotopic (exact) mass is 328 g/mol. The summed E-state index contributed by atoms with van der Waals surface area (Å²) in [7, 11) is 1.58. The molecule has 1 N–H and O–H groups in total. The molecule has 2 aliphatic rings. The Morgan fingerprint density at radius 1 is 1.46 bits per heavy atom. The highest BCUT2D eigenvalue weighted by Crippen LogP contribution is 2.46. The molecule has 2 atom stereocenters. The molecular weight excluding hydrogens is 308 g/mol. The third kappa shape index (κ3) is 2.40. The zero-order chi connectivity index (χ0) is 16.7. The molecule has 0 radical (unpaired) electrons. The van der Waals surface area contributed by atoms with Crippen molar-refractivity contribution in [3.63, 3.8) is 0 Å². The molecule has 7 nitrogen and oxygen atoms in total. The lowest BCUT2D eigenvalue weighted by Crippen LogP contribution is -2.53. The van der Waals surface area contributed by atoms with Gasteiger partial charge in [0, 0.05) is 31.3 Å². The molecule has 3 heterocycles. The third-order valence-electron chi connectivity index (χ3n) is 5.07. The lowest BCUT2D eigenvalue weighted by atomic mass is 9.69. The fourth-order valence-electron chi connectivity index (χ4n) is 3.65. The Morgan fingerprint density at radius 3 is 3.00 bits per heavy atom. The molecule has 2 unspecified atom stereocenters. The van der Waals surface area contributed by atoms with E-state index in [1.807, 2.05) is 17.9 Å². The number of rotatable bonds is 4. The van der Waals surface area contributed by atoms with Gasteiger partial charge in [-0.2, -0.15) is 4.98 Å². The number of nitrogens with zero attached hydrogens (tertiary/aromatic N) is 3. The number of nitrogens with one attached hydrogen (secondary N) is 1. The highest BCUT2D eigenvalue weighted by Gasteiger charge is 2.54. The number of hydrogen-bond acceptors (Lipinski definition) is 6. The molecule has 1 aliphatic carbocycles. The first-order valence-electron chi connectivity index (χ1n) is 8.10. The number of hydrogen-bond donors (Lipinski definition) is 1. The summed E-state index contributed by atoms with van der Waals surface area (Å²) >= 11 is 0. The molecular formula is C17H20N4O3. The number of amides is 1. The highest BCUT2D eigenvalue weighted by atomic mass is 16.5. The predicted molar refractivity (Wildman–Crippen MR) is 87.0 cm³/mol. The number of fused-ring (bicyclic) bond motifs is 1. The smallest absolute Gasteiger partial charge is 0.289 e. The van der Waals surface area contributed by atoms with Gasteiger partial charge in [0.25, 0.3) is 5.91 Å². The summed E-state index contributed by atoms with van der Waals surface area (Å²) in [4.78, 5) is 23.1. The molecule has 1 aliphatic heterocycles. The number of aryl methyl sites for hydroxylation is 1. The molecule has 2 aromatic heterocycles. The summed E-state index contributed by atoms with van der Waals surface area (Å²) < 4.78 is 10.6. The summed E-state index contributed by atoms with van der Waals surface area (Å²) in [5.41, 5.74) is -0.149. The Bertz CT molecular complexity index is 775. The number of carbonyl (C=O) groups is 1. The summed E-state index contributed by atoms with van der Waals surface area (Å²) in [5.74, 6) is 2.58. The van der Waals surface area contributed by atoms with Crippen LogP contribution in [0.4, 0.5) is 5.95 Å². The molecule has 4 rings (SSSR count). The maximum Gasteiger partial charge on any atom is 0.289 e. The van der Waals surface area contributed by atoms with Crippen LogP contribution >= 0.6 is 0 Å². The Hall–Kier alpha value is -2.57. The SMILES string of the molecule is COc1ccnc(NC23CCC2CN(C(=O)c2ccc(C)o2)C3)n1. The van der Waals surface area contributed by atoms with Gasteiger partial charge in [-0.1, -0.05) is 0 Å². The highest BCUT2D eigenvalue weighted by molar-refractivity contribution is 5.92. The molecule has 24 heavy (non-hydrogen) atoms. The predicted octanol–water partition coefficient (Wildman–Crippen LogP) is 2.10. The van der Waals surface area contributed by atoms with E-state index in [-0.39, 0.29) is 11.4 Å². The van der Waals surface area contributed by atoms with Gasteiger partial charge in [-0.25, -0.2) is 4.98 Å². The van der Waals surface area contributed by atoms with Crippen LogP contribution in [0, 0.1) is 12.8 Å². The van der Waals surface area contributed by atoms with Crippen LogP contribution < -0.4 is 10.1 Å². The Labute approximate surface area is 140 Å². The second kappa shape index (κ2) is 5.51. The number of furan rings is 1. The first-order chi connectivity index (χ1) is 11.6. The molecule has 1 saturated heterocycles. The van der Waals surface area contributed by atoms with Crippen molar-refractivity contribution in [3.8, 4) is 5.88 Å². The van der Waals surface area contributed by atoms with Crippen LogP contribution in [0.5, 0.6) is 5.88 Å². The van der Waals surface area contributed by atoms with E-state index in [1.54, 1.807) is 25.4 Å². The minimum absolute atomic E-state index is 0.0507. The largest absolute Gasteiger partial charge is 0.481 e. The number of anilines is 1. The van der Waals surface area contributed by atoms with Gasteiger partial charge in [-0.15, -0.1) is 0 Å². The summed E-state index contributed by atoms with van der Waals surface area (Å²) in [6, 6.07) is 5.27. The van der Waals surface area contributed by atoms with Crippen molar-refractivity contribution in [2.75, 3.05) is 25.5 Å². The van der Waals surface area contributed by atoms with Gasteiger partial charge in [0.1, 0.15) is 5.76 Å². The van der Waals surface area contributed by atoms with E-state index in [2.05, 4.69) is 15.3 Å². The lowest BCUT2D eigenvalue weighted by Gasteiger charge is -2.44. The Balaban J connectivity index is 1.51. The van der Waals surface area contributed by atoms with Gasteiger partial charge >= 0.3 is 0 Å². The lowest BCUT2D eigenvalue weighted by molar-refractivity contribution is 0.0753. The first kappa shape index (κ1) is 15.0. The minimum Gasteiger partial charge on any atom is -0.481 e. The normalized spacial score (nSPS) is 25.1. The molecule has 7 heteroatoms. The van der Waals surface area contributed by atoms with E-state index in [0.29, 0.717) is 30.1 Å². The zero-order valence-corrected chi connectivity index (χ0v) is 13.8. The standard InChI is InChI=1S/C17H20N4O3/c1-11-3-4-13(24-11)15(22)21-9-12-5-7-17(12,10-21)20-16-18-8-6-14(19-16)23-2/h3-4,6,8,12H,5,7,9-10H2,1-2H3,(H,18,19,20). The molecule has 1 saturated carbocycles. The fraction of sp³-hybridized carbons (Fsp3) is 0.471. The quantitative estimate of drug-likeness (QED) is 0.926. The van der Waals surface area contributed by atoms with E-state index in [0.717, 1.165) is 25.1 Å². The van der Waals surface area contributed by atoms with Crippen LogP contribution in [-0.4, -0.2) is 46.5 Å². The van der Waals surface area contributed by atoms with Crippen LogP contribution in [0.3, 0.4) is 0 Å². The van der Waals surface area contributed by atoms with Crippen molar-refractivity contribution in [2.45, 2.75) is 25.3 Å². The van der Waals surface area contributed by atoms with Crippen molar-refractivity contribution < 1.29 is 13.9 Å². The van der Waals surface area contributed by atoms with Gasteiger partial charge < -0.3 is 19.4 Å². The summed E-state index contributed by atoms with van der Waals surface area (Å²) in [6.45, 7) is 3.21. The molecule has 0 aromatic carbocycles. The average Bonchev–Trinajstić information content (AvgIpc) is 3.11. The first-order valence-corrected chi connectivity index (χ1v) is 8.10. The minimum atomic E-state index is -0.149. The number of aromatic nitrogens is 2. The van der Waals surface area contributed by atoms with E-state index in [4.69, 9.17) is 9.15 Å². The molecule has 1 amide bonds. The Kier molecular flexibility index (Phi) is 3.44. The van der Waals surface area contributed by atoms with E-state index < -0.39 is 0 Å². The molecule has 2 fully saturated rings. The van der Waals surface area contributed by atoms with Crippen LogP contribution in [0.25, 0.3) is 0 Å². The second-order valence-corrected chi connectivity index (χ2v) is 6.54. The zero-order valence-electron chi connectivity index (χ0n) is 13.8. The Morgan fingerprint density at radius 2 is 2.33 bits per heavy atom. The topological polar surface area (TPSA) is 80.5 Å². The van der Waals surface area contributed by atoms with E-state index in [1.165, 1.54) is 0 Å². The number of ether oxygens (including phenoxy) is 1. The van der Waals surface area contributed by atoms with Gasteiger partial charge in [0.05, 0.1) is 12.6 Å². The van der Waals surface area contributed by atoms with Crippen LogP contribution in [-0.2, 0) is 0 Å².